The molecule has 1 atom stereocenters. The minimum Gasteiger partial charge on any atom is -0.480 e. The predicted molar refractivity (Wildman–Crippen MR) is 147 cm³/mol. The van der Waals surface area contributed by atoms with Crippen LogP contribution < -0.4 is 9.05 Å². The molecule has 4 rings (SSSR count). The van der Waals surface area contributed by atoms with E-state index in [-0.39, 0.29) is 12.7 Å². The smallest absolute Gasteiger partial charge is 0.445 e. The zero-order valence-corrected chi connectivity index (χ0v) is 22.1. The van der Waals surface area contributed by atoms with Gasteiger partial charge in [-0.1, -0.05) is 84.4 Å². The molecule has 0 amide bonds. The Balaban J connectivity index is 1.70. The minimum absolute atomic E-state index is 0.214. The van der Waals surface area contributed by atoms with E-state index >= 15 is 0 Å². The molecule has 0 saturated carbocycles. The van der Waals surface area contributed by atoms with E-state index in [0.29, 0.717) is 11.5 Å². The molecule has 4 aromatic carbocycles. The highest BCUT2D eigenvalue weighted by molar-refractivity contribution is 7.97. The van der Waals surface area contributed by atoms with E-state index in [1.165, 1.54) is 11.9 Å². The summed E-state index contributed by atoms with van der Waals surface area (Å²) in [6.45, 7) is 1.98. The van der Waals surface area contributed by atoms with Crippen LogP contribution in [0.4, 0.5) is 0 Å². The molecule has 0 fully saturated rings. The van der Waals surface area contributed by atoms with Crippen molar-refractivity contribution >= 4 is 25.5 Å². The van der Waals surface area contributed by atoms with Gasteiger partial charge in [-0.25, -0.2) is 8.87 Å². The highest BCUT2D eigenvalue weighted by Crippen LogP contribution is 2.51. The van der Waals surface area contributed by atoms with E-state index in [4.69, 9.17) is 9.05 Å². The molecule has 0 aliphatic rings. The number of rotatable bonds is 12. The third-order valence-corrected chi connectivity index (χ3v) is 8.36. The van der Waals surface area contributed by atoms with Crippen molar-refractivity contribution in [3.8, 4) is 11.5 Å². The van der Waals surface area contributed by atoms with Crippen molar-refractivity contribution in [3.05, 3.63) is 126 Å². The highest BCUT2D eigenvalue weighted by Gasteiger charge is 2.38. The Bertz CT molecular complexity index is 1280. The number of nitrogens with zero attached hydrogens (tertiary/aromatic N) is 1. The fourth-order valence-corrected chi connectivity index (χ4v) is 6.66. The van der Waals surface area contributed by atoms with Crippen LogP contribution >= 0.6 is 19.5 Å². The number of aryl methyl sites for hydroxylation is 1. The molecule has 0 aliphatic heterocycles. The van der Waals surface area contributed by atoms with Gasteiger partial charge in [0, 0.05) is 4.90 Å². The Morgan fingerprint density at radius 3 is 1.78 bits per heavy atom. The van der Waals surface area contributed by atoms with Crippen LogP contribution in [0.15, 0.2) is 120 Å². The normalized spacial score (nSPS) is 12.2. The number of para-hydroxylation sites is 2. The van der Waals surface area contributed by atoms with E-state index in [9.17, 15) is 14.5 Å². The summed E-state index contributed by atoms with van der Waals surface area (Å²) < 4.78 is 27.8. The van der Waals surface area contributed by atoms with Gasteiger partial charge >= 0.3 is 13.6 Å². The average Bonchev–Trinajstić information content (AvgIpc) is 2.90. The maximum absolute atomic E-state index is 14.3. The fourth-order valence-electron chi connectivity index (χ4n) is 3.61. The van der Waals surface area contributed by atoms with Crippen LogP contribution in [0, 0.1) is 6.92 Å². The molecular formula is C29H28NO5PS. The summed E-state index contributed by atoms with van der Waals surface area (Å²) in [5.41, 5.74) is 1.94. The quantitative estimate of drug-likeness (QED) is 0.151. The second-order valence-corrected chi connectivity index (χ2v) is 11.4. The summed E-state index contributed by atoms with van der Waals surface area (Å²) in [5.74, 6) is -0.289. The number of aliphatic carboxylic acids is 1. The molecule has 6 nitrogen and oxygen atoms in total. The SMILES string of the molecule is Cc1ccc(SN(CP(=O)(Oc2ccccc2)Oc2ccccc2)C(Cc2ccccc2)C(=O)O)cc1. The number of carboxylic acids is 1. The van der Waals surface area contributed by atoms with Gasteiger partial charge in [-0.3, -0.25) is 4.79 Å². The molecule has 0 spiro atoms. The molecule has 4 aromatic rings. The van der Waals surface area contributed by atoms with E-state index in [1.807, 2.05) is 73.7 Å². The number of hydrogen-bond donors (Lipinski definition) is 1. The maximum atomic E-state index is 14.3. The van der Waals surface area contributed by atoms with Crippen LogP contribution in [0.1, 0.15) is 11.1 Å². The third-order valence-electron chi connectivity index (χ3n) is 5.44. The molecule has 0 aromatic heterocycles. The van der Waals surface area contributed by atoms with E-state index in [2.05, 4.69) is 0 Å². The van der Waals surface area contributed by atoms with Crippen molar-refractivity contribution in [1.29, 1.82) is 0 Å². The van der Waals surface area contributed by atoms with Gasteiger partial charge in [0.1, 0.15) is 23.8 Å². The lowest BCUT2D eigenvalue weighted by molar-refractivity contribution is -0.141. The van der Waals surface area contributed by atoms with Crippen molar-refractivity contribution in [1.82, 2.24) is 4.31 Å². The third kappa shape index (κ3) is 7.99. The fraction of sp³-hybridized carbons (Fsp3) is 0.138. The summed E-state index contributed by atoms with van der Waals surface area (Å²) >= 11 is 1.22. The average molecular weight is 534 g/mol. The zero-order chi connectivity index (χ0) is 26.1. The van der Waals surface area contributed by atoms with Gasteiger partial charge in [0.15, 0.2) is 0 Å². The summed E-state index contributed by atoms with van der Waals surface area (Å²) in [7, 11) is -3.92. The molecule has 8 heteroatoms. The molecule has 190 valence electrons. The molecule has 0 saturated heterocycles. The predicted octanol–water partition coefficient (Wildman–Crippen LogP) is 7.31. The summed E-state index contributed by atoms with van der Waals surface area (Å²) in [6, 6.07) is 33.6. The number of carboxylic acid groups (broad SMARTS) is 1. The molecule has 1 N–H and O–H groups in total. The van der Waals surface area contributed by atoms with Crippen LogP contribution in [-0.2, 0) is 15.8 Å². The molecule has 0 heterocycles. The zero-order valence-electron chi connectivity index (χ0n) is 20.3. The van der Waals surface area contributed by atoms with Gasteiger partial charge in [-0.2, -0.15) is 0 Å². The van der Waals surface area contributed by atoms with Crippen LogP contribution in [-0.4, -0.2) is 27.7 Å². The Hall–Kier alpha value is -3.51. The molecule has 37 heavy (non-hydrogen) atoms. The summed E-state index contributed by atoms with van der Waals surface area (Å²) in [4.78, 5) is 13.4. The van der Waals surface area contributed by atoms with Crippen molar-refractivity contribution < 1.29 is 23.5 Å². The van der Waals surface area contributed by atoms with E-state index in [1.54, 1.807) is 52.8 Å². The first-order valence-corrected chi connectivity index (χ1v) is 14.3. The van der Waals surface area contributed by atoms with Crippen LogP contribution in [0.25, 0.3) is 0 Å². The Kier molecular flexibility index (Phi) is 9.07. The molecular weight excluding hydrogens is 505 g/mol. The van der Waals surface area contributed by atoms with Gasteiger partial charge in [-0.15, -0.1) is 0 Å². The monoisotopic (exact) mass is 533 g/mol. The van der Waals surface area contributed by atoms with Gasteiger partial charge in [0.2, 0.25) is 0 Å². The second-order valence-electron chi connectivity index (χ2n) is 8.43. The number of hydrogen-bond acceptors (Lipinski definition) is 6. The van der Waals surface area contributed by atoms with Gasteiger partial charge in [0.05, 0.1) is 0 Å². The van der Waals surface area contributed by atoms with Crippen molar-refractivity contribution in [3.63, 3.8) is 0 Å². The molecule has 0 radical (unpaired) electrons. The summed E-state index contributed by atoms with van der Waals surface area (Å²) in [5, 5.41) is 10.3. The maximum Gasteiger partial charge on any atom is 0.445 e. The number of carbonyl (C=O) groups is 1. The first kappa shape index (κ1) is 26.6. The molecule has 1 unspecified atom stereocenters. The first-order valence-electron chi connectivity index (χ1n) is 11.8. The highest BCUT2D eigenvalue weighted by atomic mass is 32.2. The van der Waals surface area contributed by atoms with E-state index < -0.39 is 19.6 Å². The van der Waals surface area contributed by atoms with Crippen molar-refractivity contribution in [2.75, 3.05) is 6.29 Å². The first-order chi connectivity index (χ1) is 17.9. The molecule has 0 bridgehead atoms. The summed E-state index contributed by atoms with van der Waals surface area (Å²) in [6.07, 6.45) is -0.0508. The van der Waals surface area contributed by atoms with Crippen LogP contribution in [0.2, 0.25) is 0 Å². The van der Waals surface area contributed by atoms with Gasteiger partial charge < -0.3 is 14.2 Å². The topological polar surface area (TPSA) is 76.1 Å². The van der Waals surface area contributed by atoms with Crippen molar-refractivity contribution in [2.45, 2.75) is 24.3 Å². The largest absolute Gasteiger partial charge is 0.480 e. The Morgan fingerprint density at radius 2 is 1.30 bits per heavy atom. The molecule has 0 aliphatic carbocycles. The van der Waals surface area contributed by atoms with Crippen molar-refractivity contribution in [2.24, 2.45) is 0 Å². The second kappa shape index (κ2) is 12.6. The number of benzene rings is 4. The van der Waals surface area contributed by atoms with Gasteiger partial charge in [-0.05, 0) is 67.3 Å². The lowest BCUT2D eigenvalue weighted by atomic mass is 10.1. The van der Waals surface area contributed by atoms with Crippen LogP contribution in [0.5, 0.6) is 11.5 Å². The lowest BCUT2D eigenvalue weighted by Gasteiger charge is -2.31. The van der Waals surface area contributed by atoms with E-state index in [0.717, 1.165) is 16.0 Å². The van der Waals surface area contributed by atoms with Gasteiger partial charge in [0.25, 0.3) is 0 Å². The Labute approximate surface area is 221 Å². The lowest BCUT2D eigenvalue weighted by Crippen LogP contribution is -2.39. The Morgan fingerprint density at radius 1 is 0.811 bits per heavy atom. The standard InChI is InChI=1S/C29H28NO5PS/c1-23-17-19-27(20-18-23)37-30(28(29(31)32)21-24-11-5-2-6-12-24)22-36(33,34-25-13-7-3-8-14-25)35-26-15-9-4-10-16-26/h2-20,28H,21-22H2,1H3,(H,31,32). The minimum atomic E-state index is -3.92. The van der Waals surface area contributed by atoms with Crippen LogP contribution in [0.3, 0.4) is 0 Å².